The summed E-state index contributed by atoms with van der Waals surface area (Å²) in [6.45, 7) is 2.21. The molecule has 0 radical (unpaired) electrons. The average molecular weight is 186 g/mol. The van der Waals surface area contributed by atoms with Crippen molar-refractivity contribution in [3.8, 4) is 0 Å². The van der Waals surface area contributed by atoms with Gasteiger partial charge in [-0.1, -0.05) is 6.92 Å². The molecule has 1 rings (SSSR count). The monoisotopic (exact) mass is 186 g/mol. The van der Waals surface area contributed by atoms with Gasteiger partial charge in [0.05, 0.1) is 0 Å². The lowest BCUT2D eigenvalue weighted by Gasteiger charge is -1.98. The Bertz CT molecular complexity index is 203. The molecule has 0 spiro atoms. The number of hydrogen-bond donors (Lipinski definition) is 1. The van der Waals surface area contributed by atoms with Gasteiger partial charge in [0.15, 0.2) is 0 Å². The van der Waals surface area contributed by atoms with E-state index in [2.05, 4.69) is 31.0 Å². The predicted octanol–water partition coefficient (Wildman–Crippen LogP) is 3.17. The second-order valence-electron chi connectivity index (χ2n) is 2.55. The maximum Gasteiger partial charge on any atom is 0.00774 e. The van der Waals surface area contributed by atoms with E-state index in [1.165, 1.54) is 24.8 Å². The number of rotatable bonds is 4. The lowest BCUT2D eigenvalue weighted by Crippen LogP contribution is -1.87. The molecule has 0 unspecified atom stereocenters. The average Bonchev–Trinajstić information content (AvgIpc) is 2.47. The molecule has 0 amide bonds. The molecule has 0 bridgehead atoms. The predicted molar refractivity (Wildman–Crippen MR) is 55.9 cm³/mol. The van der Waals surface area contributed by atoms with Crippen LogP contribution in [-0.4, -0.2) is 5.75 Å². The zero-order chi connectivity index (χ0) is 8.10. The summed E-state index contributed by atoms with van der Waals surface area (Å²) < 4.78 is 0. The standard InChI is InChI=1S/C9H14S2/c1-2-8-5-7-11-9(8)4-3-6-10/h5,7,10H,2-4,6H2,1H3. The molecule has 0 saturated heterocycles. The maximum atomic E-state index is 4.20. The second-order valence-corrected chi connectivity index (χ2v) is 4.00. The third-order valence-electron chi connectivity index (χ3n) is 1.78. The maximum absolute atomic E-state index is 4.20. The molecule has 1 heterocycles. The summed E-state index contributed by atoms with van der Waals surface area (Å²) in [5.74, 6) is 1.00. The Morgan fingerprint density at radius 1 is 1.55 bits per heavy atom. The molecule has 0 N–H and O–H groups in total. The molecule has 0 saturated carbocycles. The third kappa shape index (κ3) is 2.53. The highest BCUT2D eigenvalue weighted by Gasteiger charge is 2.00. The highest BCUT2D eigenvalue weighted by Crippen LogP contribution is 2.18. The summed E-state index contributed by atoms with van der Waals surface area (Å²) in [7, 11) is 0. The highest BCUT2D eigenvalue weighted by atomic mass is 32.1. The smallest absolute Gasteiger partial charge is 0.00774 e. The molecule has 1 aromatic rings. The fourth-order valence-corrected chi connectivity index (χ4v) is 2.32. The van der Waals surface area contributed by atoms with E-state index in [9.17, 15) is 0 Å². The van der Waals surface area contributed by atoms with E-state index in [0.29, 0.717) is 0 Å². The molecule has 0 nitrogen and oxygen atoms in total. The SMILES string of the molecule is CCc1ccsc1CCCS. The van der Waals surface area contributed by atoms with Crippen LogP contribution in [0.4, 0.5) is 0 Å². The van der Waals surface area contributed by atoms with Gasteiger partial charge in [-0.3, -0.25) is 0 Å². The van der Waals surface area contributed by atoms with Gasteiger partial charge in [0, 0.05) is 4.88 Å². The Balaban J connectivity index is 2.54. The van der Waals surface area contributed by atoms with Crippen molar-refractivity contribution in [3.05, 3.63) is 21.9 Å². The van der Waals surface area contributed by atoms with Crippen molar-refractivity contribution in [3.63, 3.8) is 0 Å². The lowest BCUT2D eigenvalue weighted by molar-refractivity contribution is 0.934. The minimum atomic E-state index is 1.00. The van der Waals surface area contributed by atoms with Crippen LogP contribution in [0.5, 0.6) is 0 Å². The Hall–Kier alpha value is 0.0500. The fraction of sp³-hybridized carbons (Fsp3) is 0.556. The van der Waals surface area contributed by atoms with Crippen LogP contribution in [0.2, 0.25) is 0 Å². The lowest BCUT2D eigenvalue weighted by atomic mass is 10.1. The topological polar surface area (TPSA) is 0 Å². The van der Waals surface area contributed by atoms with Crippen LogP contribution in [0.3, 0.4) is 0 Å². The largest absolute Gasteiger partial charge is 0.179 e. The van der Waals surface area contributed by atoms with Crippen LogP contribution in [-0.2, 0) is 12.8 Å². The van der Waals surface area contributed by atoms with Gasteiger partial charge in [0.1, 0.15) is 0 Å². The minimum absolute atomic E-state index is 1.00. The van der Waals surface area contributed by atoms with E-state index in [1.54, 1.807) is 4.88 Å². The van der Waals surface area contributed by atoms with Gasteiger partial charge in [-0.15, -0.1) is 11.3 Å². The van der Waals surface area contributed by atoms with Crippen molar-refractivity contribution in [1.82, 2.24) is 0 Å². The van der Waals surface area contributed by atoms with E-state index >= 15 is 0 Å². The first-order valence-corrected chi connectivity index (χ1v) is 5.55. The van der Waals surface area contributed by atoms with Crippen molar-refractivity contribution < 1.29 is 0 Å². The van der Waals surface area contributed by atoms with Crippen LogP contribution < -0.4 is 0 Å². The van der Waals surface area contributed by atoms with E-state index in [-0.39, 0.29) is 0 Å². The molecule has 0 fully saturated rings. The number of hydrogen-bond acceptors (Lipinski definition) is 2. The molecular weight excluding hydrogens is 172 g/mol. The molecule has 62 valence electrons. The van der Waals surface area contributed by atoms with Gasteiger partial charge < -0.3 is 0 Å². The van der Waals surface area contributed by atoms with E-state index in [1.807, 2.05) is 11.3 Å². The summed E-state index contributed by atoms with van der Waals surface area (Å²) in [4.78, 5) is 1.56. The molecular formula is C9H14S2. The zero-order valence-corrected chi connectivity index (χ0v) is 8.55. The van der Waals surface area contributed by atoms with Crippen LogP contribution >= 0.6 is 24.0 Å². The first-order chi connectivity index (χ1) is 5.38. The van der Waals surface area contributed by atoms with Crippen molar-refractivity contribution in [2.24, 2.45) is 0 Å². The highest BCUT2D eigenvalue weighted by molar-refractivity contribution is 7.80. The number of thiol groups is 1. The van der Waals surface area contributed by atoms with Crippen LogP contribution in [0.1, 0.15) is 23.8 Å². The normalized spacial score (nSPS) is 10.4. The Kier molecular flexibility index (Phi) is 4.02. The minimum Gasteiger partial charge on any atom is -0.179 e. The first-order valence-electron chi connectivity index (χ1n) is 4.04. The molecule has 2 heteroatoms. The summed E-state index contributed by atoms with van der Waals surface area (Å²) in [6.07, 6.45) is 3.59. The summed E-state index contributed by atoms with van der Waals surface area (Å²) >= 11 is 6.08. The fourth-order valence-electron chi connectivity index (χ4n) is 1.14. The second kappa shape index (κ2) is 4.83. The van der Waals surface area contributed by atoms with Gasteiger partial charge in [0.2, 0.25) is 0 Å². The summed E-state index contributed by atoms with van der Waals surface area (Å²) in [5, 5.41) is 2.19. The van der Waals surface area contributed by atoms with Crippen molar-refractivity contribution >= 4 is 24.0 Å². The molecule has 0 aliphatic heterocycles. The Morgan fingerprint density at radius 3 is 3.00 bits per heavy atom. The summed E-state index contributed by atoms with van der Waals surface area (Å²) in [6, 6.07) is 2.23. The quantitative estimate of drug-likeness (QED) is 0.686. The van der Waals surface area contributed by atoms with Crippen LogP contribution in [0, 0.1) is 0 Å². The van der Waals surface area contributed by atoms with Gasteiger partial charge in [-0.05, 0) is 42.0 Å². The molecule has 0 aliphatic carbocycles. The third-order valence-corrected chi connectivity index (χ3v) is 3.12. The molecule has 0 aromatic carbocycles. The van der Waals surface area contributed by atoms with Gasteiger partial charge in [-0.25, -0.2) is 0 Å². The van der Waals surface area contributed by atoms with E-state index < -0.39 is 0 Å². The Labute approximate surface area is 78.1 Å². The number of thiophene rings is 1. The van der Waals surface area contributed by atoms with E-state index in [0.717, 1.165) is 5.75 Å². The van der Waals surface area contributed by atoms with Crippen molar-refractivity contribution in [2.45, 2.75) is 26.2 Å². The zero-order valence-electron chi connectivity index (χ0n) is 6.84. The van der Waals surface area contributed by atoms with Crippen LogP contribution in [0.25, 0.3) is 0 Å². The summed E-state index contributed by atoms with van der Waals surface area (Å²) in [5.41, 5.74) is 1.52. The van der Waals surface area contributed by atoms with Gasteiger partial charge >= 0.3 is 0 Å². The van der Waals surface area contributed by atoms with Gasteiger partial charge in [-0.2, -0.15) is 12.6 Å². The van der Waals surface area contributed by atoms with Crippen LogP contribution in [0.15, 0.2) is 11.4 Å². The molecule has 0 atom stereocenters. The van der Waals surface area contributed by atoms with Crippen molar-refractivity contribution in [1.29, 1.82) is 0 Å². The van der Waals surface area contributed by atoms with E-state index in [4.69, 9.17) is 0 Å². The molecule has 11 heavy (non-hydrogen) atoms. The van der Waals surface area contributed by atoms with Crippen molar-refractivity contribution in [2.75, 3.05) is 5.75 Å². The first kappa shape index (κ1) is 9.14. The number of aryl methyl sites for hydroxylation is 2. The Morgan fingerprint density at radius 2 is 2.36 bits per heavy atom. The molecule has 1 aromatic heterocycles. The molecule has 0 aliphatic rings. The van der Waals surface area contributed by atoms with Gasteiger partial charge in [0.25, 0.3) is 0 Å².